The van der Waals surface area contributed by atoms with Crippen LogP contribution in [0.5, 0.6) is 0 Å². The number of rotatable bonds is 3. The second-order valence-corrected chi connectivity index (χ2v) is 6.84. The minimum absolute atomic E-state index is 0.0595. The Morgan fingerprint density at radius 2 is 1.89 bits per heavy atom. The summed E-state index contributed by atoms with van der Waals surface area (Å²) in [6.45, 7) is 12.0. The molecule has 1 aromatic rings. The Hall–Kier alpha value is -0.870. The Bertz CT molecular complexity index is 395. The Kier molecular flexibility index (Phi) is 4.31. The second-order valence-electron chi connectivity index (χ2n) is 6.84. The zero-order chi connectivity index (χ0) is 14.0. The van der Waals surface area contributed by atoms with Crippen LogP contribution >= 0.6 is 0 Å². The van der Waals surface area contributed by atoms with E-state index in [1.807, 2.05) is 10.9 Å². The lowest BCUT2D eigenvalue weighted by Crippen LogP contribution is -2.51. The van der Waals surface area contributed by atoms with Crippen molar-refractivity contribution < 1.29 is 0 Å². The molecule has 2 rings (SSSR count). The van der Waals surface area contributed by atoms with Crippen molar-refractivity contribution in [2.45, 2.75) is 78.0 Å². The van der Waals surface area contributed by atoms with E-state index in [2.05, 4.69) is 56.3 Å². The molecule has 2 atom stereocenters. The molecule has 0 aliphatic carbocycles. The highest BCUT2D eigenvalue weighted by atomic mass is 15.5. The number of nitrogens with one attached hydrogen (secondary N) is 1. The fourth-order valence-corrected chi connectivity index (χ4v) is 2.73. The summed E-state index contributed by atoms with van der Waals surface area (Å²) in [5, 5.41) is 6.86. The van der Waals surface area contributed by atoms with Crippen molar-refractivity contribution in [3.8, 4) is 0 Å². The predicted octanol–water partition coefficient (Wildman–Crippen LogP) is 2.91. The molecule has 0 saturated carbocycles. The molecule has 108 valence electrons. The first-order valence-electron chi connectivity index (χ1n) is 7.44. The van der Waals surface area contributed by atoms with E-state index in [1.54, 1.807) is 0 Å². The van der Waals surface area contributed by atoms with E-state index in [9.17, 15) is 0 Å². The van der Waals surface area contributed by atoms with Crippen LogP contribution in [0.15, 0.2) is 12.4 Å². The van der Waals surface area contributed by atoms with Gasteiger partial charge in [0.15, 0.2) is 0 Å². The Balaban J connectivity index is 1.93. The van der Waals surface area contributed by atoms with Gasteiger partial charge in [-0.3, -0.25) is 10.1 Å². The van der Waals surface area contributed by atoms with Crippen LogP contribution in [0.4, 0.5) is 0 Å². The highest BCUT2D eigenvalue weighted by molar-refractivity contribution is 5.04. The number of aromatic nitrogens is 2. The third-order valence-corrected chi connectivity index (χ3v) is 3.98. The molecule has 0 spiro atoms. The van der Waals surface area contributed by atoms with Gasteiger partial charge >= 0.3 is 0 Å². The third kappa shape index (κ3) is 3.57. The van der Waals surface area contributed by atoms with Gasteiger partial charge in [0.25, 0.3) is 0 Å². The van der Waals surface area contributed by atoms with Gasteiger partial charge in [-0.05, 0) is 47.5 Å². The maximum absolute atomic E-state index is 4.45. The summed E-state index contributed by atoms with van der Waals surface area (Å²) in [6, 6.07) is 1.25. The van der Waals surface area contributed by atoms with E-state index < -0.39 is 0 Å². The quantitative estimate of drug-likeness (QED) is 0.911. The topological polar surface area (TPSA) is 33.1 Å². The number of hydrogen-bond donors (Lipinski definition) is 1. The van der Waals surface area contributed by atoms with Crippen molar-refractivity contribution in [1.29, 1.82) is 0 Å². The summed E-state index contributed by atoms with van der Waals surface area (Å²) < 4.78 is 2.03. The summed E-state index contributed by atoms with van der Waals surface area (Å²) in [6.07, 6.45) is 8.05. The van der Waals surface area contributed by atoms with Gasteiger partial charge < -0.3 is 0 Å². The predicted molar refractivity (Wildman–Crippen MR) is 78.7 cm³/mol. The van der Waals surface area contributed by atoms with Gasteiger partial charge in [0.05, 0.1) is 11.7 Å². The van der Waals surface area contributed by atoms with E-state index in [1.165, 1.54) is 24.8 Å². The van der Waals surface area contributed by atoms with Gasteiger partial charge in [0.1, 0.15) is 0 Å². The number of hydrazine groups is 1. The van der Waals surface area contributed by atoms with Crippen LogP contribution in [-0.4, -0.2) is 26.9 Å². The van der Waals surface area contributed by atoms with Gasteiger partial charge in [-0.15, -0.1) is 0 Å². The van der Waals surface area contributed by atoms with E-state index in [0.717, 1.165) is 6.54 Å². The van der Waals surface area contributed by atoms with Crippen LogP contribution < -0.4 is 5.43 Å². The fraction of sp³-hybridized carbons (Fsp3) is 0.800. The fourth-order valence-electron chi connectivity index (χ4n) is 2.73. The average molecular weight is 264 g/mol. The van der Waals surface area contributed by atoms with Crippen LogP contribution in [0.25, 0.3) is 0 Å². The van der Waals surface area contributed by atoms with E-state index >= 15 is 0 Å². The molecule has 0 bridgehead atoms. The van der Waals surface area contributed by atoms with Crippen LogP contribution in [0, 0.1) is 0 Å². The lowest BCUT2D eigenvalue weighted by atomic mass is 10.00. The minimum Gasteiger partial charge on any atom is -0.267 e. The van der Waals surface area contributed by atoms with Crippen LogP contribution in [-0.2, 0) is 12.1 Å². The maximum atomic E-state index is 4.45. The van der Waals surface area contributed by atoms with Crippen molar-refractivity contribution in [1.82, 2.24) is 20.2 Å². The van der Waals surface area contributed by atoms with E-state index in [4.69, 9.17) is 0 Å². The molecule has 0 aromatic carbocycles. The zero-order valence-electron chi connectivity index (χ0n) is 13.0. The first kappa shape index (κ1) is 14.5. The van der Waals surface area contributed by atoms with Crippen LogP contribution in [0.3, 0.4) is 0 Å². The van der Waals surface area contributed by atoms with Gasteiger partial charge in [-0.2, -0.15) is 5.10 Å². The summed E-state index contributed by atoms with van der Waals surface area (Å²) in [5.41, 5.74) is 4.89. The molecule has 1 fully saturated rings. The van der Waals surface area contributed by atoms with E-state index in [0.29, 0.717) is 12.1 Å². The minimum atomic E-state index is 0.0595. The SMILES string of the molecule is CC1CCCC(C)N1NCc1cnn(C(C)(C)C)c1. The number of nitrogens with zero attached hydrogens (tertiary/aromatic N) is 3. The van der Waals surface area contributed by atoms with Gasteiger partial charge in [0.2, 0.25) is 0 Å². The molecule has 19 heavy (non-hydrogen) atoms. The first-order valence-corrected chi connectivity index (χ1v) is 7.44. The van der Waals surface area contributed by atoms with Crippen molar-refractivity contribution in [2.75, 3.05) is 0 Å². The molecule has 1 N–H and O–H groups in total. The number of hydrogen-bond acceptors (Lipinski definition) is 3. The molecule has 1 aromatic heterocycles. The standard InChI is InChI=1S/C15H28N4/c1-12-7-6-8-13(2)19(12)17-10-14-9-16-18(11-14)15(3,4)5/h9,11-13,17H,6-8,10H2,1-5H3. The molecule has 1 aliphatic rings. The molecule has 1 saturated heterocycles. The molecule has 0 amide bonds. The Labute approximate surface area is 117 Å². The molecule has 0 radical (unpaired) electrons. The van der Waals surface area contributed by atoms with Crippen LogP contribution in [0.1, 0.15) is 59.4 Å². The smallest absolute Gasteiger partial charge is 0.0543 e. The van der Waals surface area contributed by atoms with Crippen molar-refractivity contribution in [2.24, 2.45) is 0 Å². The Morgan fingerprint density at radius 3 is 2.42 bits per heavy atom. The molecule has 2 heterocycles. The molecule has 4 heteroatoms. The van der Waals surface area contributed by atoms with Gasteiger partial charge in [-0.1, -0.05) is 6.42 Å². The molecular formula is C15H28N4. The maximum Gasteiger partial charge on any atom is 0.0543 e. The number of piperidine rings is 1. The van der Waals surface area contributed by atoms with Crippen LogP contribution in [0.2, 0.25) is 0 Å². The van der Waals surface area contributed by atoms with E-state index in [-0.39, 0.29) is 5.54 Å². The lowest BCUT2D eigenvalue weighted by Gasteiger charge is -2.39. The highest BCUT2D eigenvalue weighted by Gasteiger charge is 2.24. The largest absolute Gasteiger partial charge is 0.267 e. The Morgan fingerprint density at radius 1 is 1.26 bits per heavy atom. The lowest BCUT2D eigenvalue weighted by molar-refractivity contribution is 0.0435. The molecule has 4 nitrogen and oxygen atoms in total. The van der Waals surface area contributed by atoms with Crippen molar-refractivity contribution in [3.63, 3.8) is 0 Å². The summed E-state index contributed by atoms with van der Waals surface area (Å²) >= 11 is 0. The molecular weight excluding hydrogens is 236 g/mol. The monoisotopic (exact) mass is 264 g/mol. The molecule has 1 aliphatic heterocycles. The van der Waals surface area contributed by atoms with Crippen molar-refractivity contribution >= 4 is 0 Å². The molecule has 2 unspecified atom stereocenters. The normalized spacial score (nSPS) is 25.7. The van der Waals surface area contributed by atoms with Gasteiger partial charge in [0, 0.05) is 30.4 Å². The second kappa shape index (κ2) is 5.63. The highest BCUT2D eigenvalue weighted by Crippen LogP contribution is 2.20. The average Bonchev–Trinajstić information content (AvgIpc) is 2.77. The van der Waals surface area contributed by atoms with Gasteiger partial charge in [-0.25, -0.2) is 5.01 Å². The first-order chi connectivity index (χ1) is 8.88. The van der Waals surface area contributed by atoms with Crippen molar-refractivity contribution in [3.05, 3.63) is 18.0 Å². The summed E-state index contributed by atoms with van der Waals surface area (Å²) in [7, 11) is 0. The zero-order valence-corrected chi connectivity index (χ0v) is 13.0. The third-order valence-electron chi connectivity index (χ3n) is 3.98. The summed E-state index contributed by atoms with van der Waals surface area (Å²) in [4.78, 5) is 0. The summed E-state index contributed by atoms with van der Waals surface area (Å²) in [5.74, 6) is 0.